The van der Waals surface area contributed by atoms with E-state index in [2.05, 4.69) is 12.2 Å². The van der Waals surface area contributed by atoms with Gasteiger partial charge in [-0.1, -0.05) is 26.2 Å². The van der Waals surface area contributed by atoms with Crippen LogP contribution in [0, 0.1) is 0 Å². The quantitative estimate of drug-likeness (QED) is 0.809. The Kier molecular flexibility index (Phi) is 4.60. The number of hydrogen-bond donors (Lipinski definition) is 1. The van der Waals surface area contributed by atoms with E-state index < -0.39 is 11.6 Å². The molecule has 1 atom stereocenters. The summed E-state index contributed by atoms with van der Waals surface area (Å²) in [5.74, 6) is -0.284. The number of rotatable bonds is 3. The van der Waals surface area contributed by atoms with Crippen molar-refractivity contribution in [2.45, 2.75) is 76.3 Å². The summed E-state index contributed by atoms with van der Waals surface area (Å²) in [6, 6.07) is -0.143. The Hall–Kier alpha value is -1.59. The zero-order valence-electron chi connectivity index (χ0n) is 14.0. The van der Waals surface area contributed by atoms with Gasteiger partial charge in [-0.15, -0.1) is 0 Å². The molecule has 3 aliphatic rings. The maximum Gasteiger partial charge on any atom is 0.325 e. The van der Waals surface area contributed by atoms with Crippen LogP contribution < -0.4 is 5.32 Å². The first-order valence-corrected chi connectivity index (χ1v) is 9.01. The minimum absolute atomic E-state index is 0.0899. The molecule has 0 aromatic heterocycles. The number of carbonyl (C=O) groups excluding carboxylic acids is 3. The number of nitrogens with one attached hydrogen (secondary N) is 1. The average molecular weight is 321 g/mol. The number of imide groups is 1. The molecule has 0 radical (unpaired) electrons. The molecule has 1 N–H and O–H groups in total. The van der Waals surface area contributed by atoms with Crippen LogP contribution in [-0.2, 0) is 9.59 Å². The Labute approximate surface area is 137 Å². The molecule has 0 aromatic rings. The summed E-state index contributed by atoms with van der Waals surface area (Å²) < 4.78 is 0. The van der Waals surface area contributed by atoms with Crippen molar-refractivity contribution in [1.82, 2.24) is 15.1 Å². The van der Waals surface area contributed by atoms with Crippen molar-refractivity contribution in [3.8, 4) is 0 Å². The van der Waals surface area contributed by atoms with Crippen molar-refractivity contribution in [2.75, 3.05) is 13.1 Å². The molecule has 0 bridgehead atoms. The van der Waals surface area contributed by atoms with Gasteiger partial charge in [0.05, 0.1) is 0 Å². The van der Waals surface area contributed by atoms with Crippen molar-refractivity contribution in [2.24, 2.45) is 0 Å². The number of amides is 4. The third-order valence-corrected chi connectivity index (χ3v) is 5.67. The Morgan fingerprint density at radius 1 is 1.17 bits per heavy atom. The van der Waals surface area contributed by atoms with Crippen molar-refractivity contribution < 1.29 is 14.4 Å². The summed E-state index contributed by atoms with van der Waals surface area (Å²) in [6.45, 7) is 2.72. The van der Waals surface area contributed by atoms with Crippen LogP contribution in [0.15, 0.2) is 0 Å². The maximum atomic E-state index is 12.7. The molecular weight excluding hydrogens is 294 g/mol. The highest BCUT2D eigenvalue weighted by atomic mass is 16.2. The molecule has 1 saturated carbocycles. The summed E-state index contributed by atoms with van der Waals surface area (Å²) >= 11 is 0. The second-order valence-corrected chi connectivity index (χ2v) is 7.11. The lowest BCUT2D eigenvalue weighted by Crippen LogP contribution is -2.50. The van der Waals surface area contributed by atoms with Crippen LogP contribution in [0.1, 0.15) is 64.7 Å². The Balaban J connectivity index is 1.68. The predicted octanol–water partition coefficient (Wildman–Crippen LogP) is 2.03. The van der Waals surface area contributed by atoms with E-state index in [1.807, 2.05) is 4.90 Å². The van der Waals surface area contributed by atoms with E-state index in [9.17, 15) is 14.4 Å². The highest BCUT2D eigenvalue weighted by Crippen LogP contribution is 2.33. The molecule has 2 heterocycles. The van der Waals surface area contributed by atoms with Gasteiger partial charge in [0.15, 0.2) is 0 Å². The third kappa shape index (κ3) is 2.95. The number of urea groups is 1. The monoisotopic (exact) mass is 321 g/mol. The number of likely N-dealkylation sites (tertiary alicyclic amines) is 1. The fourth-order valence-corrected chi connectivity index (χ4v) is 4.29. The molecule has 4 amide bonds. The van der Waals surface area contributed by atoms with Gasteiger partial charge in [0.2, 0.25) is 5.91 Å². The lowest BCUT2D eigenvalue weighted by atomic mass is 9.82. The van der Waals surface area contributed by atoms with E-state index in [4.69, 9.17) is 0 Å². The van der Waals surface area contributed by atoms with Gasteiger partial charge in [0.1, 0.15) is 12.1 Å². The fourth-order valence-electron chi connectivity index (χ4n) is 4.29. The van der Waals surface area contributed by atoms with Gasteiger partial charge in [-0.2, -0.15) is 0 Å². The van der Waals surface area contributed by atoms with Crippen molar-refractivity contribution >= 4 is 17.8 Å². The second-order valence-electron chi connectivity index (χ2n) is 7.11. The molecular formula is C17H27N3O3. The van der Waals surface area contributed by atoms with Crippen molar-refractivity contribution in [3.63, 3.8) is 0 Å². The van der Waals surface area contributed by atoms with Crippen molar-refractivity contribution in [3.05, 3.63) is 0 Å². The SMILES string of the molecule is CC[C@@H]1CCCCN1C(=O)CN1C(=O)NC2(CCCCC2)C1=O. The number of hydrogen-bond acceptors (Lipinski definition) is 3. The fraction of sp³-hybridized carbons (Fsp3) is 0.824. The first-order chi connectivity index (χ1) is 11.1. The number of carbonyl (C=O) groups is 3. The second kappa shape index (κ2) is 6.49. The number of nitrogens with zero attached hydrogens (tertiary/aromatic N) is 2. The van der Waals surface area contributed by atoms with Gasteiger partial charge < -0.3 is 10.2 Å². The molecule has 6 heteroatoms. The molecule has 0 unspecified atom stereocenters. The standard InChI is InChI=1S/C17H27N3O3/c1-2-13-8-4-7-11-19(13)14(21)12-20-15(22)17(18-16(20)23)9-5-3-6-10-17/h13H,2-12H2,1H3,(H,18,23)/t13-/m1/s1. The Morgan fingerprint density at radius 2 is 1.91 bits per heavy atom. The first kappa shape index (κ1) is 16.3. The average Bonchev–Trinajstić information content (AvgIpc) is 2.79. The summed E-state index contributed by atoms with van der Waals surface area (Å²) in [6.07, 6.45) is 8.52. The van der Waals surface area contributed by atoms with Gasteiger partial charge in [0.25, 0.3) is 5.91 Å². The Bertz CT molecular complexity index is 499. The molecule has 23 heavy (non-hydrogen) atoms. The smallest absolute Gasteiger partial charge is 0.325 e. The van der Waals surface area contributed by atoms with Crippen LogP contribution in [-0.4, -0.2) is 52.3 Å². The molecule has 0 aromatic carbocycles. The molecule has 128 valence electrons. The minimum Gasteiger partial charge on any atom is -0.338 e. The minimum atomic E-state index is -0.734. The van der Waals surface area contributed by atoms with E-state index in [0.29, 0.717) is 12.8 Å². The van der Waals surface area contributed by atoms with E-state index >= 15 is 0 Å². The highest BCUT2D eigenvalue weighted by Gasteiger charge is 2.51. The van der Waals surface area contributed by atoms with Gasteiger partial charge >= 0.3 is 6.03 Å². The van der Waals surface area contributed by atoms with Gasteiger partial charge in [-0.3, -0.25) is 14.5 Å². The highest BCUT2D eigenvalue weighted by molar-refractivity contribution is 6.09. The third-order valence-electron chi connectivity index (χ3n) is 5.67. The molecule has 3 fully saturated rings. The van der Waals surface area contributed by atoms with Crippen LogP contribution in [0.5, 0.6) is 0 Å². The van der Waals surface area contributed by atoms with Crippen LogP contribution in [0.4, 0.5) is 4.79 Å². The van der Waals surface area contributed by atoms with E-state index in [-0.39, 0.29) is 24.4 Å². The molecule has 1 aliphatic carbocycles. The van der Waals surface area contributed by atoms with Gasteiger partial charge in [-0.05, 0) is 38.5 Å². The van der Waals surface area contributed by atoms with Gasteiger partial charge in [0, 0.05) is 12.6 Å². The Morgan fingerprint density at radius 3 is 2.61 bits per heavy atom. The normalized spacial score (nSPS) is 27.4. The summed E-state index contributed by atoms with van der Waals surface area (Å²) in [7, 11) is 0. The maximum absolute atomic E-state index is 12.7. The number of piperidine rings is 1. The van der Waals surface area contributed by atoms with Crippen LogP contribution in [0.25, 0.3) is 0 Å². The predicted molar refractivity (Wildman–Crippen MR) is 85.7 cm³/mol. The lowest BCUT2D eigenvalue weighted by molar-refractivity contribution is -0.141. The van der Waals surface area contributed by atoms with E-state index in [0.717, 1.165) is 56.4 Å². The topological polar surface area (TPSA) is 69.7 Å². The summed E-state index contributed by atoms with van der Waals surface area (Å²) in [4.78, 5) is 40.6. The van der Waals surface area contributed by atoms with Crippen LogP contribution in [0.2, 0.25) is 0 Å². The molecule has 1 spiro atoms. The van der Waals surface area contributed by atoms with E-state index in [1.165, 1.54) is 0 Å². The zero-order chi connectivity index (χ0) is 16.4. The zero-order valence-corrected chi connectivity index (χ0v) is 14.0. The molecule has 2 saturated heterocycles. The van der Waals surface area contributed by atoms with Crippen molar-refractivity contribution in [1.29, 1.82) is 0 Å². The summed E-state index contributed by atoms with van der Waals surface area (Å²) in [5.41, 5.74) is -0.734. The largest absolute Gasteiger partial charge is 0.338 e. The van der Waals surface area contributed by atoms with E-state index in [1.54, 1.807) is 0 Å². The molecule has 6 nitrogen and oxygen atoms in total. The summed E-state index contributed by atoms with van der Waals surface area (Å²) in [5, 5.41) is 2.87. The van der Waals surface area contributed by atoms with Crippen LogP contribution in [0.3, 0.4) is 0 Å². The van der Waals surface area contributed by atoms with Crippen LogP contribution >= 0.6 is 0 Å². The lowest BCUT2D eigenvalue weighted by Gasteiger charge is -2.36. The molecule has 2 aliphatic heterocycles. The van der Waals surface area contributed by atoms with Gasteiger partial charge in [-0.25, -0.2) is 4.79 Å². The first-order valence-electron chi connectivity index (χ1n) is 9.01. The molecule has 3 rings (SSSR count).